The minimum absolute atomic E-state index is 0.213. The molecule has 1 saturated heterocycles. The van der Waals surface area contributed by atoms with E-state index in [2.05, 4.69) is 10.6 Å². The van der Waals surface area contributed by atoms with E-state index >= 15 is 0 Å². The van der Waals surface area contributed by atoms with Gasteiger partial charge in [-0.3, -0.25) is 4.79 Å². The lowest BCUT2D eigenvalue weighted by molar-refractivity contribution is -0.119. The van der Waals surface area contributed by atoms with Crippen LogP contribution in [0.3, 0.4) is 0 Å². The van der Waals surface area contributed by atoms with E-state index in [-0.39, 0.29) is 11.9 Å². The van der Waals surface area contributed by atoms with Gasteiger partial charge in [-0.2, -0.15) is 0 Å². The van der Waals surface area contributed by atoms with Crippen LogP contribution in [0.2, 0.25) is 0 Å². The smallest absolute Gasteiger partial charge is 0.234 e. The molecule has 0 bridgehead atoms. The highest BCUT2D eigenvalue weighted by molar-refractivity contribution is 5.79. The Morgan fingerprint density at radius 1 is 1.75 bits per heavy atom. The van der Waals surface area contributed by atoms with E-state index < -0.39 is 0 Å². The number of hydrogen-bond donors (Lipinski definition) is 3. The molecule has 1 aliphatic rings. The molecule has 2 atom stereocenters. The third-order valence-electron chi connectivity index (χ3n) is 2.21. The Balaban J connectivity index is 2.24. The molecule has 1 heterocycles. The summed E-state index contributed by atoms with van der Waals surface area (Å²) in [4.78, 5) is 10.7. The van der Waals surface area contributed by atoms with Crippen LogP contribution in [-0.4, -0.2) is 31.1 Å². The van der Waals surface area contributed by atoms with E-state index in [0.29, 0.717) is 6.04 Å². The van der Waals surface area contributed by atoms with E-state index in [1.165, 1.54) is 6.42 Å². The van der Waals surface area contributed by atoms with Crippen LogP contribution in [-0.2, 0) is 4.79 Å². The molecule has 12 heavy (non-hydrogen) atoms. The maximum absolute atomic E-state index is 10.7. The number of piperidine rings is 1. The molecule has 4 nitrogen and oxygen atoms in total. The Hall–Kier alpha value is -0.610. The molecular weight excluding hydrogens is 154 g/mol. The highest BCUT2D eigenvalue weighted by atomic mass is 16.1. The monoisotopic (exact) mass is 171 g/mol. The molecule has 1 fully saturated rings. The molecule has 0 aromatic heterocycles. The van der Waals surface area contributed by atoms with Gasteiger partial charge in [0.05, 0.1) is 6.04 Å². The predicted molar refractivity (Wildman–Crippen MR) is 47.7 cm³/mol. The highest BCUT2D eigenvalue weighted by Gasteiger charge is 2.17. The summed E-state index contributed by atoms with van der Waals surface area (Å²) in [5.74, 6) is -0.277. The molecule has 1 aliphatic heterocycles. The third kappa shape index (κ3) is 2.79. The van der Waals surface area contributed by atoms with Gasteiger partial charge in [-0.05, 0) is 26.3 Å². The van der Waals surface area contributed by atoms with Crippen molar-refractivity contribution in [3.63, 3.8) is 0 Å². The standard InChI is InChI=1S/C8H17N3O/c1-6(8(9)12)11-7-3-2-4-10-5-7/h6-7,10-11H,2-5H2,1H3,(H2,9,12). The third-order valence-corrected chi connectivity index (χ3v) is 2.21. The topological polar surface area (TPSA) is 67.2 Å². The lowest BCUT2D eigenvalue weighted by Crippen LogP contribution is -2.50. The summed E-state index contributed by atoms with van der Waals surface area (Å²) in [7, 11) is 0. The Labute approximate surface area is 72.9 Å². The molecule has 0 aliphatic carbocycles. The minimum Gasteiger partial charge on any atom is -0.368 e. The zero-order chi connectivity index (χ0) is 8.97. The van der Waals surface area contributed by atoms with E-state index in [9.17, 15) is 4.79 Å². The molecule has 4 heteroatoms. The SMILES string of the molecule is CC(NC1CCCNC1)C(N)=O. The second-order valence-electron chi connectivity index (χ2n) is 3.33. The molecule has 4 N–H and O–H groups in total. The van der Waals surface area contributed by atoms with Crippen molar-refractivity contribution in [1.82, 2.24) is 10.6 Å². The van der Waals surface area contributed by atoms with Gasteiger partial charge in [-0.15, -0.1) is 0 Å². The second-order valence-corrected chi connectivity index (χ2v) is 3.33. The number of carbonyl (C=O) groups excluding carboxylic acids is 1. The number of amides is 1. The van der Waals surface area contributed by atoms with E-state index in [1.54, 1.807) is 6.92 Å². The number of carbonyl (C=O) groups is 1. The predicted octanol–water partition coefficient (Wildman–Crippen LogP) is -0.798. The molecule has 0 spiro atoms. The summed E-state index contributed by atoms with van der Waals surface area (Å²) in [6.07, 6.45) is 2.30. The number of nitrogens with two attached hydrogens (primary N) is 1. The molecule has 1 amide bonds. The van der Waals surface area contributed by atoms with Crippen LogP contribution < -0.4 is 16.4 Å². The molecule has 0 aromatic rings. The van der Waals surface area contributed by atoms with Crippen LogP contribution >= 0.6 is 0 Å². The second kappa shape index (κ2) is 4.42. The summed E-state index contributed by atoms with van der Waals surface area (Å²) in [5.41, 5.74) is 5.13. The van der Waals surface area contributed by atoms with Crippen molar-refractivity contribution in [3.05, 3.63) is 0 Å². The van der Waals surface area contributed by atoms with Crippen molar-refractivity contribution in [3.8, 4) is 0 Å². The first-order valence-corrected chi connectivity index (χ1v) is 4.46. The van der Waals surface area contributed by atoms with Crippen molar-refractivity contribution in [1.29, 1.82) is 0 Å². The number of rotatable bonds is 3. The zero-order valence-corrected chi connectivity index (χ0v) is 7.47. The normalized spacial score (nSPS) is 26.6. The summed E-state index contributed by atoms with van der Waals surface area (Å²) >= 11 is 0. The maximum Gasteiger partial charge on any atom is 0.234 e. The first kappa shape index (κ1) is 9.48. The van der Waals surface area contributed by atoms with Crippen LogP contribution in [0.1, 0.15) is 19.8 Å². The van der Waals surface area contributed by atoms with Crippen molar-refractivity contribution < 1.29 is 4.79 Å². The molecule has 0 radical (unpaired) electrons. The molecule has 0 saturated carbocycles. The Morgan fingerprint density at radius 2 is 2.50 bits per heavy atom. The first-order chi connectivity index (χ1) is 5.70. The van der Waals surface area contributed by atoms with E-state index in [4.69, 9.17) is 5.73 Å². The summed E-state index contributed by atoms with van der Waals surface area (Å²) in [5, 5.41) is 6.45. The van der Waals surface area contributed by atoms with Crippen LogP contribution in [0.25, 0.3) is 0 Å². The largest absolute Gasteiger partial charge is 0.368 e. The van der Waals surface area contributed by atoms with Gasteiger partial charge in [0.25, 0.3) is 0 Å². The summed E-state index contributed by atoms with van der Waals surface area (Å²) < 4.78 is 0. The number of hydrogen-bond acceptors (Lipinski definition) is 3. The lowest BCUT2D eigenvalue weighted by atomic mass is 10.1. The van der Waals surface area contributed by atoms with Crippen molar-refractivity contribution >= 4 is 5.91 Å². The fraction of sp³-hybridized carbons (Fsp3) is 0.875. The van der Waals surface area contributed by atoms with E-state index in [0.717, 1.165) is 19.5 Å². The number of primary amides is 1. The Bertz CT molecular complexity index is 154. The molecule has 1 rings (SSSR count). The van der Waals surface area contributed by atoms with Gasteiger partial charge in [0, 0.05) is 12.6 Å². The zero-order valence-electron chi connectivity index (χ0n) is 7.47. The Morgan fingerprint density at radius 3 is 3.00 bits per heavy atom. The van der Waals surface area contributed by atoms with E-state index in [1.807, 2.05) is 0 Å². The summed E-state index contributed by atoms with van der Waals surface area (Å²) in [6.45, 7) is 3.83. The maximum atomic E-state index is 10.7. The highest BCUT2D eigenvalue weighted by Crippen LogP contribution is 2.01. The van der Waals surface area contributed by atoms with Gasteiger partial charge in [-0.1, -0.05) is 0 Å². The lowest BCUT2D eigenvalue weighted by Gasteiger charge is -2.25. The van der Waals surface area contributed by atoms with Crippen LogP contribution in [0.5, 0.6) is 0 Å². The van der Waals surface area contributed by atoms with Crippen molar-refractivity contribution in [2.75, 3.05) is 13.1 Å². The quantitative estimate of drug-likeness (QED) is 0.521. The minimum atomic E-state index is -0.277. The van der Waals surface area contributed by atoms with Gasteiger partial charge in [0.2, 0.25) is 5.91 Å². The fourth-order valence-electron chi connectivity index (χ4n) is 1.43. The molecule has 0 aromatic carbocycles. The van der Waals surface area contributed by atoms with Gasteiger partial charge < -0.3 is 16.4 Å². The van der Waals surface area contributed by atoms with Gasteiger partial charge in [-0.25, -0.2) is 0 Å². The molecule has 70 valence electrons. The van der Waals surface area contributed by atoms with Crippen LogP contribution in [0.4, 0.5) is 0 Å². The van der Waals surface area contributed by atoms with Crippen molar-refractivity contribution in [2.45, 2.75) is 31.8 Å². The van der Waals surface area contributed by atoms with Crippen molar-refractivity contribution in [2.24, 2.45) is 5.73 Å². The Kier molecular flexibility index (Phi) is 3.49. The van der Waals surface area contributed by atoms with Gasteiger partial charge in [0.1, 0.15) is 0 Å². The fourth-order valence-corrected chi connectivity index (χ4v) is 1.43. The molecule has 2 unspecified atom stereocenters. The van der Waals surface area contributed by atoms with Gasteiger partial charge in [0.15, 0.2) is 0 Å². The number of nitrogens with one attached hydrogen (secondary N) is 2. The van der Waals surface area contributed by atoms with Crippen LogP contribution in [0, 0.1) is 0 Å². The first-order valence-electron chi connectivity index (χ1n) is 4.46. The summed E-state index contributed by atoms with van der Waals surface area (Å²) in [6, 6.07) is 0.191. The molecular formula is C8H17N3O. The van der Waals surface area contributed by atoms with Crippen LogP contribution in [0.15, 0.2) is 0 Å². The van der Waals surface area contributed by atoms with Gasteiger partial charge >= 0.3 is 0 Å². The average molecular weight is 171 g/mol. The average Bonchev–Trinajstić information content (AvgIpc) is 2.06.